The Labute approximate surface area is 114 Å². The molecule has 0 spiro atoms. The molecular formula is C12H11ClN4O2. The third kappa shape index (κ3) is 2.08. The van der Waals surface area contributed by atoms with Crippen molar-refractivity contribution in [1.82, 2.24) is 20.2 Å². The summed E-state index contributed by atoms with van der Waals surface area (Å²) in [6, 6.07) is 5.41. The first kappa shape index (κ1) is 12.1. The van der Waals surface area contributed by atoms with Crippen LogP contribution < -0.4 is 0 Å². The van der Waals surface area contributed by atoms with Gasteiger partial charge in [0.05, 0.1) is 11.6 Å². The summed E-state index contributed by atoms with van der Waals surface area (Å²) < 4.78 is 1.60. The molecule has 1 aromatic carbocycles. The molecule has 0 bridgehead atoms. The highest BCUT2D eigenvalue weighted by Gasteiger charge is 2.47. The van der Waals surface area contributed by atoms with Gasteiger partial charge in [0, 0.05) is 10.9 Å². The summed E-state index contributed by atoms with van der Waals surface area (Å²) in [7, 11) is 0. The normalized spacial score (nSPS) is 21.4. The summed E-state index contributed by atoms with van der Waals surface area (Å²) in [5, 5.41) is 21.2. The quantitative estimate of drug-likeness (QED) is 0.926. The van der Waals surface area contributed by atoms with Gasteiger partial charge in [-0.15, -0.1) is 5.10 Å². The molecule has 1 aliphatic carbocycles. The minimum Gasteiger partial charge on any atom is -0.481 e. The van der Waals surface area contributed by atoms with Gasteiger partial charge in [-0.2, -0.15) is 4.68 Å². The number of carboxylic acid groups (broad SMARTS) is 1. The first-order valence-corrected chi connectivity index (χ1v) is 6.23. The maximum atomic E-state index is 10.9. The van der Waals surface area contributed by atoms with Gasteiger partial charge in [-0.3, -0.25) is 4.79 Å². The van der Waals surface area contributed by atoms with Gasteiger partial charge < -0.3 is 5.11 Å². The van der Waals surface area contributed by atoms with E-state index in [4.69, 9.17) is 16.7 Å². The van der Waals surface area contributed by atoms with Gasteiger partial charge in [0.25, 0.3) is 0 Å². The van der Waals surface area contributed by atoms with Crippen molar-refractivity contribution in [3.63, 3.8) is 0 Å². The second kappa shape index (κ2) is 4.31. The minimum atomic E-state index is -0.799. The predicted molar refractivity (Wildman–Crippen MR) is 67.4 cm³/mol. The molecule has 1 N–H and O–H groups in total. The SMILES string of the molecule is Cc1cc(Cl)ccc1-n1nnnc1C1CC1C(=O)O. The smallest absolute Gasteiger partial charge is 0.307 e. The van der Waals surface area contributed by atoms with Crippen LogP contribution in [0.5, 0.6) is 0 Å². The van der Waals surface area contributed by atoms with Gasteiger partial charge >= 0.3 is 5.97 Å². The molecule has 1 saturated carbocycles. The van der Waals surface area contributed by atoms with Gasteiger partial charge in [0.1, 0.15) is 0 Å². The molecule has 98 valence electrons. The van der Waals surface area contributed by atoms with Crippen molar-refractivity contribution in [2.75, 3.05) is 0 Å². The van der Waals surface area contributed by atoms with Crippen LogP contribution in [-0.4, -0.2) is 31.3 Å². The predicted octanol–water partition coefficient (Wildman–Crippen LogP) is 1.81. The number of tetrazole rings is 1. The Kier molecular flexibility index (Phi) is 2.74. The van der Waals surface area contributed by atoms with Crippen LogP contribution in [0, 0.1) is 12.8 Å². The van der Waals surface area contributed by atoms with Gasteiger partial charge in [-0.1, -0.05) is 11.6 Å². The summed E-state index contributed by atoms with van der Waals surface area (Å²) >= 11 is 5.92. The lowest BCUT2D eigenvalue weighted by Crippen LogP contribution is -2.07. The highest BCUT2D eigenvalue weighted by molar-refractivity contribution is 6.30. The molecular weight excluding hydrogens is 268 g/mol. The Bertz CT molecular complexity index is 655. The molecule has 1 aromatic heterocycles. The van der Waals surface area contributed by atoms with Crippen molar-refractivity contribution >= 4 is 17.6 Å². The van der Waals surface area contributed by atoms with E-state index in [0.717, 1.165) is 11.3 Å². The third-order valence-electron chi connectivity index (χ3n) is 3.32. The molecule has 0 amide bonds. The Morgan fingerprint density at radius 3 is 2.95 bits per heavy atom. The lowest BCUT2D eigenvalue weighted by atomic mass is 10.2. The standard InChI is InChI=1S/C12H11ClN4O2/c1-6-4-7(13)2-3-10(6)17-11(14-15-16-17)8-5-9(8)12(18)19/h2-4,8-9H,5H2,1H3,(H,18,19). The van der Waals surface area contributed by atoms with E-state index in [9.17, 15) is 4.79 Å². The molecule has 2 aromatic rings. The van der Waals surface area contributed by atoms with Crippen molar-refractivity contribution < 1.29 is 9.90 Å². The van der Waals surface area contributed by atoms with E-state index in [2.05, 4.69) is 15.5 Å². The number of aromatic nitrogens is 4. The zero-order valence-corrected chi connectivity index (χ0v) is 10.9. The first-order chi connectivity index (χ1) is 9.08. The Hall–Kier alpha value is -1.95. The molecule has 0 saturated heterocycles. The molecule has 1 fully saturated rings. The molecule has 0 radical (unpaired) electrons. The molecule has 0 aliphatic heterocycles. The van der Waals surface area contributed by atoms with Crippen molar-refractivity contribution in [2.24, 2.45) is 5.92 Å². The van der Waals surface area contributed by atoms with Crippen LogP contribution >= 0.6 is 11.6 Å². The Morgan fingerprint density at radius 1 is 1.53 bits per heavy atom. The highest BCUT2D eigenvalue weighted by Crippen LogP contribution is 2.46. The fraction of sp³-hybridized carbons (Fsp3) is 0.333. The van der Waals surface area contributed by atoms with E-state index < -0.39 is 5.97 Å². The minimum absolute atomic E-state index is 0.109. The van der Waals surface area contributed by atoms with Crippen LogP contribution in [0.25, 0.3) is 5.69 Å². The van der Waals surface area contributed by atoms with E-state index in [1.54, 1.807) is 10.7 Å². The topological polar surface area (TPSA) is 80.9 Å². The third-order valence-corrected chi connectivity index (χ3v) is 3.56. The van der Waals surface area contributed by atoms with Gasteiger partial charge in [-0.05, 0) is 47.5 Å². The second-order valence-electron chi connectivity index (χ2n) is 4.67. The average molecular weight is 279 g/mol. The zero-order valence-electron chi connectivity index (χ0n) is 10.1. The van der Waals surface area contributed by atoms with Crippen LogP contribution in [0.2, 0.25) is 5.02 Å². The summed E-state index contributed by atoms with van der Waals surface area (Å²) in [6.07, 6.45) is 0.586. The lowest BCUT2D eigenvalue weighted by molar-refractivity contribution is -0.138. The van der Waals surface area contributed by atoms with Crippen LogP contribution in [0.4, 0.5) is 0 Å². The number of benzene rings is 1. The van der Waals surface area contributed by atoms with Crippen LogP contribution in [0.1, 0.15) is 23.7 Å². The largest absolute Gasteiger partial charge is 0.481 e. The molecule has 2 atom stereocenters. The maximum absolute atomic E-state index is 10.9. The van der Waals surface area contributed by atoms with Gasteiger partial charge in [0.2, 0.25) is 0 Å². The number of hydrogen-bond donors (Lipinski definition) is 1. The number of aryl methyl sites for hydroxylation is 1. The van der Waals surface area contributed by atoms with E-state index in [1.807, 2.05) is 19.1 Å². The van der Waals surface area contributed by atoms with Crippen molar-refractivity contribution in [1.29, 1.82) is 0 Å². The van der Waals surface area contributed by atoms with Crippen LogP contribution in [0.3, 0.4) is 0 Å². The van der Waals surface area contributed by atoms with E-state index in [0.29, 0.717) is 17.3 Å². The van der Waals surface area contributed by atoms with E-state index >= 15 is 0 Å². The molecule has 3 rings (SSSR count). The molecule has 19 heavy (non-hydrogen) atoms. The van der Waals surface area contributed by atoms with Gasteiger partial charge in [0.15, 0.2) is 5.82 Å². The zero-order chi connectivity index (χ0) is 13.6. The summed E-state index contributed by atoms with van der Waals surface area (Å²) in [6.45, 7) is 1.91. The highest BCUT2D eigenvalue weighted by atomic mass is 35.5. The first-order valence-electron chi connectivity index (χ1n) is 5.85. The fourth-order valence-corrected chi connectivity index (χ4v) is 2.43. The number of nitrogens with zero attached hydrogens (tertiary/aromatic N) is 4. The second-order valence-corrected chi connectivity index (χ2v) is 5.10. The van der Waals surface area contributed by atoms with Gasteiger partial charge in [-0.25, -0.2) is 0 Å². The lowest BCUT2D eigenvalue weighted by Gasteiger charge is -2.07. The number of rotatable bonds is 3. The summed E-state index contributed by atoms with van der Waals surface area (Å²) in [5.41, 5.74) is 1.76. The monoisotopic (exact) mass is 278 g/mol. The number of halogens is 1. The van der Waals surface area contributed by atoms with Crippen molar-refractivity contribution in [2.45, 2.75) is 19.3 Å². The summed E-state index contributed by atoms with van der Waals surface area (Å²) in [4.78, 5) is 10.9. The van der Waals surface area contributed by atoms with E-state index in [1.165, 1.54) is 0 Å². The average Bonchev–Trinajstić information content (AvgIpc) is 3.01. The van der Waals surface area contributed by atoms with Crippen molar-refractivity contribution in [3.8, 4) is 5.69 Å². The molecule has 1 heterocycles. The van der Waals surface area contributed by atoms with Crippen molar-refractivity contribution in [3.05, 3.63) is 34.6 Å². The Balaban J connectivity index is 1.99. The van der Waals surface area contributed by atoms with Crippen LogP contribution in [0.15, 0.2) is 18.2 Å². The fourth-order valence-electron chi connectivity index (χ4n) is 2.21. The van der Waals surface area contributed by atoms with E-state index in [-0.39, 0.29) is 11.8 Å². The summed E-state index contributed by atoms with van der Waals surface area (Å²) in [5.74, 6) is -0.690. The molecule has 6 nitrogen and oxygen atoms in total. The molecule has 1 aliphatic rings. The number of carbonyl (C=O) groups is 1. The maximum Gasteiger partial charge on any atom is 0.307 e. The Morgan fingerprint density at radius 2 is 2.32 bits per heavy atom. The van der Waals surface area contributed by atoms with Crippen LogP contribution in [-0.2, 0) is 4.79 Å². The number of carboxylic acids is 1. The number of hydrogen-bond acceptors (Lipinski definition) is 4. The molecule has 7 heteroatoms. The molecule has 2 unspecified atom stereocenters. The number of aliphatic carboxylic acids is 1.